The van der Waals surface area contributed by atoms with Crippen molar-refractivity contribution in [1.82, 2.24) is 4.57 Å². The molecule has 0 aliphatic rings. The van der Waals surface area contributed by atoms with E-state index in [1.54, 1.807) is 26.0 Å². The van der Waals surface area contributed by atoms with E-state index in [4.69, 9.17) is 0 Å². The molecular weight excluding hydrogens is 277 g/mol. The van der Waals surface area contributed by atoms with Crippen molar-refractivity contribution in [2.24, 2.45) is 0 Å². The van der Waals surface area contributed by atoms with Crippen LogP contribution in [0.3, 0.4) is 0 Å². The van der Waals surface area contributed by atoms with Crippen molar-refractivity contribution < 1.29 is 12.8 Å². The molecule has 1 aromatic heterocycles. The number of fused-ring (bicyclic) bond motifs is 1. The molecule has 0 N–H and O–H groups in total. The predicted octanol–water partition coefficient (Wildman–Crippen LogP) is 3.68. The zero-order chi connectivity index (χ0) is 15.1. The van der Waals surface area contributed by atoms with Gasteiger partial charge in [-0.25, -0.2) is 12.8 Å². The Kier molecular flexibility index (Phi) is 3.91. The van der Waals surface area contributed by atoms with Gasteiger partial charge in [-0.2, -0.15) is 0 Å². The molecule has 0 radical (unpaired) electrons. The fourth-order valence-electron chi connectivity index (χ4n) is 2.36. The molecule has 0 atom stereocenters. The molecule has 0 aliphatic heterocycles. The Morgan fingerprint density at radius 3 is 2.35 bits per heavy atom. The number of aromatic nitrogens is 1. The van der Waals surface area contributed by atoms with Crippen LogP contribution in [-0.4, -0.2) is 18.2 Å². The summed E-state index contributed by atoms with van der Waals surface area (Å²) in [5.74, 6) is -0.323. The van der Waals surface area contributed by atoms with Crippen molar-refractivity contribution in [3.05, 3.63) is 35.8 Å². The van der Waals surface area contributed by atoms with Gasteiger partial charge in [0.2, 0.25) is 0 Å². The number of halogens is 1. The van der Waals surface area contributed by atoms with Crippen molar-refractivity contribution in [2.45, 2.75) is 44.7 Å². The van der Waals surface area contributed by atoms with E-state index in [1.807, 2.05) is 18.4 Å². The molecule has 2 aromatic rings. The van der Waals surface area contributed by atoms with Crippen LogP contribution in [0.4, 0.5) is 4.39 Å². The molecule has 20 heavy (non-hydrogen) atoms. The first kappa shape index (κ1) is 15.0. The van der Waals surface area contributed by atoms with Crippen LogP contribution < -0.4 is 0 Å². The third-order valence-electron chi connectivity index (χ3n) is 3.46. The van der Waals surface area contributed by atoms with E-state index in [0.29, 0.717) is 5.69 Å². The highest BCUT2D eigenvalue weighted by Crippen LogP contribution is 2.27. The van der Waals surface area contributed by atoms with Gasteiger partial charge in [0.25, 0.3) is 0 Å². The summed E-state index contributed by atoms with van der Waals surface area (Å²) in [5.41, 5.74) is 1.59. The molecule has 110 valence electrons. The average molecular weight is 297 g/mol. The summed E-state index contributed by atoms with van der Waals surface area (Å²) in [5, 5.41) is 0.325. The topological polar surface area (TPSA) is 39.1 Å². The normalized spacial score (nSPS) is 12.8. The number of hydrogen-bond donors (Lipinski definition) is 0. The summed E-state index contributed by atoms with van der Waals surface area (Å²) in [6.07, 6.45) is 0. The van der Waals surface area contributed by atoms with Crippen molar-refractivity contribution in [3.63, 3.8) is 0 Å². The highest BCUT2D eigenvalue weighted by atomic mass is 32.2. The largest absolute Gasteiger partial charge is 0.341 e. The van der Waals surface area contributed by atoms with Crippen LogP contribution in [0, 0.1) is 5.82 Å². The molecule has 0 bridgehead atoms. The first-order valence-electron chi connectivity index (χ1n) is 6.73. The van der Waals surface area contributed by atoms with Gasteiger partial charge < -0.3 is 4.57 Å². The maximum Gasteiger partial charge on any atom is 0.158 e. The number of sulfone groups is 1. The van der Waals surface area contributed by atoms with Gasteiger partial charge in [-0.15, -0.1) is 0 Å². The van der Waals surface area contributed by atoms with Gasteiger partial charge in [-0.3, -0.25) is 0 Å². The quantitative estimate of drug-likeness (QED) is 0.863. The summed E-state index contributed by atoms with van der Waals surface area (Å²) in [4.78, 5) is 0. The minimum Gasteiger partial charge on any atom is -0.341 e. The maximum atomic E-state index is 13.3. The van der Waals surface area contributed by atoms with Crippen LogP contribution in [0.2, 0.25) is 0 Å². The Balaban J connectivity index is 2.61. The van der Waals surface area contributed by atoms with E-state index < -0.39 is 15.1 Å². The maximum absolute atomic E-state index is 13.3. The van der Waals surface area contributed by atoms with Gasteiger partial charge in [-0.1, -0.05) is 0 Å². The molecule has 0 saturated heterocycles. The second kappa shape index (κ2) is 5.20. The molecule has 0 amide bonds. The Morgan fingerprint density at radius 1 is 1.15 bits per heavy atom. The number of rotatable bonds is 4. The van der Waals surface area contributed by atoms with Gasteiger partial charge in [0, 0.05) is 22.6 Å². The van der Waals surface area contributed by atoms with Crippen LogP contribution in [0.15, 0.2) is 24.3 Å². The molecule has 3 nitrogen and oxygen atoms in total. The molecule has 2 rings (SSSR count). The molecule has 0 saturated carbocycles. The first-order chi connectivity index (χ1) is 9.22. The van der Waals surface area contributed by atoms with E-state index in [1.165, 1.54) is 12.1 Å². The summed E-state index contributed by atoms with van der Waals surface area (Å²) in [7, 11) is -3.18. The summed E-state index contributed by atoms with van der Waals surface area (Å²) < 4.78 is 39.5. The van der Waals surface area contributed by atoms with Gasteiger partial charge in [0.15, 0.2) is 9.84 Å². The van der Waals surface area contributed by atoms with Gasteiger partial charge in [0.05, 0.1) is 11.0 Å². The number of nitrogens with zero attached hydrogens (tertiary/aromatic N) is 1. The van der Waals surface area contributed by atoms with Gasteiger partial charge in [-0.05, 0) is 52.0 Å². The first-order valence-corrected chi connectivity index (χ1v) is 8.45. The molecule has 0 fully saturated rings. The summed E-state index contributed by atoms with van der Waals surface area (Å²) in [6.45, 7) is 7.34. The monoisotopic (exact) mass is 297 g/mol. The summed E-state index contributed by atoms with van der Waals surface area (Å²) >= 11 is 0. The Hall–Kier alpha value is -1.36. The third kappa shape index (κ3) is 2.73. The lowest BCUT2D eigenvalue weighted by Crippen LogP contribution is -2.18. The Morgan fingerprint density at radius 2 is 1.80 bits per heavy atom. The molecule has 1 heterocycles. The average Bonchev–Trinajstić information content (AvgIpc) is 2.64. The van der Waals surface area contributed by atoms with Crippen LogP contribution in [0.5, 0.6) is 0 Å². The minimum atomic E-state index is -3.18. The van der Waals surface area contributed by atoms with Crippen LogP contribution in [0.1, 0.15) is 39.4 Å². The van der Waals surface area contributed by atoms with E-state index in [2.05, 4.69) is 0 Å². The van der Waals surface area contributed by atoms with Crippen LogP contribution in [0.25, 0.3) is 10.9 Å². The van der Waals surface area contributed by atoms with Crippen LogP contribution in [-0.2, 0) is 15.6 Å². The van der Waals surface area contributed by atoms with E-state index in [-0.39, 0.29) is 17.6 Å². The van der Waals surface area contributed by atoms with Crippen molar-refractivity contribution in [3.8, 4) is 0 Å². The fraction of sp³-hybridized carbons (Fsp3) is 0.467. The van der Waals surface area contributed by atoms with Crippen molar-refractivity contribution >= 4 is 20.7 Å². The lowest BCUT2D eigenvalue weighted by atomic mass is 10.2. The zero-order valence-electron chi connectivity index (χ0n) is 12.2. The second-order valence-corrected chi connectivity index (χ2v) is 8.22. The molecule has 0 aliphatic carbocycles. The number of benzene rings is 1. The second-order valence-electron chi connectivity index (χ2n) is 5.66. The Labute approximate surface area is 119 Å². The minimum absolute atomic E-state index is 0.0147. The zero-order valence-corrected chi connectivity index (χ0v) is 13.0. The molecule has 0 unspecified atom stereocenters. The van der Waals surface area contributed by atoms with E-state index in [9.17, 15) is 12.8 Å². The molecule has 5 heteroatoms. The van der Waals surface area contributed by atoms with Crippen molar-refractivity contribution in [2.75, 3.05) is 0 Å². The number of hydrogen-bond acceptors (Lipinski definition) is 2. The third-order valence-corrected chi connectivity index (χ3v) is 5.60. The van der Waals surface area contributed by atoms with E-state index in [0.717, 1.165) is 10.9 Å². The SMILES string of the molecule is CC(C)n1c(CS(=O)(=O)C(C)C)cc2cc(F)ccc21. The highest BCUT2D eigenvalue weighted by Gasteiger charge is 2.21. The van der Waals surface area contributed by atoms with Crippen LogP contribution >= 0.6 is 0 Å². The van der Waals surface area contributed by atoms with Crippen molar-refractivity contribution in [1.29, 1.82) is 0 Å². The van der Waals surface area contributed by atoms with Gasteiger partial charge in [0.1, 0.15) is 5.82 Å². The molecule has 1 aromatic carbocycles. The fourth-order valence-corrected chi connectivity index (χ4v) is 3.33. The molecule has 0 spiro atoms. The lowest BCUT2D eigenvalue weighted by molar-refractivity contribution is 0.574. The highest BCUT2D eigenvalue weighted by molar-refractivity contribution is 7.91. The smallest absolute Gasteiger partial charge is 0.158 e. The predicted molar refractivity (Wildman–Crippen MR) is 80.0 cm³/mol. The summed E-state index contributed by atoms with van der Waals surface area (Å²) in [6, 6.07) is 6.45. The van der Waals surface area contributed by atoms with Gasteiger partial charge >= 0.3 is 0 Å². The van der Waals surface area contributed by atoms with E-state index >= 15 is 0 Å². The Bertz CT molecular complexity index is 730. The molecular formula is C15H20FNO2S. The standard InChI is InChI=1S/C15H20FNO2S/c1-10(2)17-14(9-20(18,19)11(3)4)8-12-7-13(16)5-6-15(12)17/h5-8,10-11H,9H2,1-4H3. The lowest BCUT2D eigenvalue weighted by Gasteiger charge is -2.16.